The molecule has 0 fully saturated rings. The average Bonchev–Trinajstić information content (AvgIpc) is 2.66. The lowest BCUT2D eigenvalue weighted by atomic mass is 9.15. The van der Waals surface area contributed by atoms with E-state index in [1.807, 2.05) is 0 Å². The summed E-state index contributed by atoms with van der Waals surface area (Å²) in [7, 11) is 14.3. The third kappa shape index (κ3) is 1.62. The third-order valence-electron chi connectivity index (χ3n) is 6.43. The lowest BCUT2D eigenvalue weighted by molar-refractivity contribution is 0.0950. The van der Waals surface area contributed by atoms with Crippen LogP contribution in [-0.2, 0) is 18.1 Å². The van der Waals surface area contributed by atoms with Crippen molar-refractivity contribution in [3.05, 3.63) is 20.9 Å². The third-order valence-corrected chi connectivity index (χ3v) is 7.66. The molecule has 0 saturated carbocycles. The van der Waals surface area contributed by atoms with Gasteiger partial charge < -0.3 is 5.32 Å². The number of carbonyl (C=O) groups excluding carboxylic acids is 1. The zero-order chi connectivity index (χ0) is 14.9. The van der Waals surface area contributed by atoms with Gasteiger partial charge in [-0.15, -0.1) is 11.3 Å². The number of fused-ring (bicyclic) bond motifs is 3. The molecule has 1 aliphatic heterocycles. The molecule has 0 spiro atoms. The van der Waals surface area contributed by atoms with E-state index >= 15 is 0 Å². The highest BCUT2D eigenvalue weighted by molar-refractivity contribution is 7.14. The predicted molar refractivity (Wildman–Crippen MR) is 102 cm³/mol. The van der Waals surface area contributed by atoms with E-state index in [0.29, 0.717) is 0 Å². The smallest absolute Gasteiger partial charge is 0.261 e. The van der Waals surface area contributed by atoms with Crippen LogP contribution in [0.2, 0.25) is 10.4 Å². The van der Waals surface area contributed by atoms with Gasteiger partial charge in [-0.1, -0.05) is 15.6 Å². The van der Waals surface area contributed by atoms with Crippen LogP contribution in [-0.4, -0.2) is 59.5 Å². The quantitative estimate of drug-likeness (QED) is 0.479. The molecule has 2 aliphatic rings. The Morgan fingerprint density at radius 1 is 1.10 bits per heavy atom. The number of thiophene rings is 1. The fourth-order valence-corrected chi connectivity index (χ4v) is 5.60. The number of amides is 1. The maximum absolute atomic E-state index is 12.1. The highest BCUT2D eigenvalue weighted by atomic mass is 32.1. The normalized spacial score (nSPS) is 25.3. The van der Waals surface area contributed by atoms with Gasteiger partial charge in [0.05, 0.1) is 36.3 Å². The lowest BCUT2D eigenvalue weighted by Crippen LogP contribution is -2.54. The summed E-state index contributed by atoms with van der Waals surface area (Å²) in [6.07, 6.45) is 2.08. The summed E-state index contributed by atoms with van der Waals surface area (Å²) in [5.41, 5.74) is 2.82. The van der Waals surface area contributed by atoms with Crippen LogP contribution in [0.4, 0.5) is 0 Å². The number of hydrogen-bond acceptors (Lipinski definition) is 2. The minimum atomic E-state index is 0.103. The molecule has 0 unspecified atom stereocenters. The second-order valence-electron chi connectivity index (χ2n) is 8.02. The Bertz CT molecular complexity index is 608. The van der Waals surface area contributed by atoms with Crippen molar-refractivity contribution >= 4 is 64.3 Å². The van der Waals surface area contributed by atoms with Crippen molar-refractivity contribution in [2.24, 2.45) is 0 Å². The number of hydrogen-bond donors (Lipinski definition) is 1. The first kappa shape index (κ1) is 14.5. The van der Waals surface area contributed by atoms with E-state index in [1.54, 1.807) is 11.3 Å². The minimum absolute atomic E-state index is 0.103. The topological polar surface area (TPSA) is 29.1 Å². The molecular formula is C11H19B6NOS. The number of nitrogens with one attached hydrogen (secondary N) is 1. The monoisotopic (exact) mass is 279 g/mol. The van der Waals surface area contributed by atoms with E-state index in [0.717, 1.165) is 24.3 Å². The van der Waals surface area contributed by atoms with Gasteiger partial charge in [-0.3, -0.25) is 4.79 Å². The maximum Gasteiger partial charge on any atom is 0.261 e. The SMILES string of the molecule is BC1(B)Cc2sc3c(c2C(B)(B)C1(B)B)CCNC3=O. The summed E-state index contributed by atoms with van der Waals surface area (Å²) in [6, 6.07) is 0. The first-order valence-corrected chi connectivity index (χ1v) is 8.34. The van der Waals surface area contributed by atoms with E-state index in [9.17, 15) is 4.79 Å². The number of rotatable bonds is 0. The van der Waals surface area contributed by atoms with Crippen molar-refractivity contribution in [3.8, 4) is 0 Å². The molecule has 0 atom stereocenters. The Morgan fingerprint density at radius 3 is 2.40 bits per heavy atom. The van der Waals surface area contributed by atoms with Crippen molar-refractivity contribution in [3.63, 3.8) is 0 Å². The first-order valence-electron chi connectivity index (χ1n) is 7.53. The highest BCUT2D eigenvalue weighted by Gasteiger charge is 2.53. The molecule has 20 heavy (non-hydrogen) atoms. The molecule has 1 aromatic rings. The van der Waals surface area contributed by atoms with Crippen molar-refractivity contribution in [1.82, 2.24) is 5.32 Å². The zero-order valence-corrected chi connectivity index (χ0v) is 14.3. The van der Waals surface area contributed by atoms with Crippen molar-refractivity contribution in [2.75, 3.05) is 6.54 Å². The van der Waals surface area contributed by atoms with Crippen LogP contribution in [0.1, 0.15) is 25.7 Å². The van der Waals surface area contributed by atoms with Crippen molar-refractivity contribution < 1.29 is 4.79 Å². The fraction of sp³-hybridized carbons (Fsp3) is 0.545. The van der Waals surface area contributed by atoms with E-state index in [2.05, 4.69) is 52.4 Å². The molecule has 0 radical (unpaired) electrons. The molecule has 1 amide bonds. The summed E-state index contributed by atoms with van der Waals surface area (Å²) in [5, 5.41) is 3.54. The highest BCUT2D eigenvalue weighted by Crippen LogP contribution is 2.61. The van der Waals surface area contributed by atoms with E-state index < -0.39 is 0 Å². The molecule has 0 aromatic carbocycles. The summed E-state index contributed by atoms with van der Waals surface area (Å²) in [6.45, 7) is 0.787. The van der Waals surface area contributed by atoms with E-state index in [4.69, 9.17) is 0 Å². The van der Waals surface area contributed by atoms with E-state index in [1.165, 1.54) is 16.0 Å². The van der Waals surface area contributed by atoms with Gasteiger partial charge in [0.25, 0.3) is 5.91 Å². The van der Waals surface area contributed by atoms with Gasteiger partial charge in [0, 0.05) is 11.4 Å². The molecule has 0 bridgehead atoms. The lowest BCUT2D eigenvalue weighted by Gasteiger charge is -2.58. The van der Waals surface area contributed by atoms with Crippen LogP contribution in [0.5, 0.6) is 0 Å². The maximum atomic E-state index is 12.1. The van der Waals surface area contributed by atoms with Gasteiger partial charge in [-0.2, -0.15) is 0 Å². The van der Waals surface area contributed by atoms with Crippen LogP contribution in [0, 0.1) is 0 Å². The predicted octanol–water partition coefficient (Wildman–Crippen LogP) is -4.23. The largest absolute Gasteiger partial charge is 0.351 e. The summed E-state index contributed by atoms with van der Waals surface area (Å²) < 4.78 is 0. The Morgan fingerprint density at radius 2 is 1.75 bits per heavy atom. The van der Waals surface area contributed by atoms with Crippen molar-refractivity contribution in [2.45, 2.75) is 28.5 Å². The molecule has 0 saturated heterocycles. The van der Waals surface area contributed by atoms with Gasteiger partial charge in [0.15, 0.2) is 0 Å². The Labute approximate surface area is 130 Å². The zero-order valence-electron chi connectivity index (χ0n) is 13.4. The van der Waals surface area contributed by atoms with Crippen LogP contribution in [0.3, 0.4) is 0 Å². The molecule has 98 valence electrons. The molecule has 1 N–H and O–H groups in total. The molecule has 2 heterocycles. The van der Waals surface area contributed by atoms with Crippen LogP contribution in [0.15, 0.2) is 0 Å². The molecule has 3 rings (SSSR count). The molecule has 1 aliphatic carbocycles. The van der Waals surface area contributed by atoms with E-state index in [-0.39, 0.29) is 21.5 Å². The van der Waals surface area contributed by atoms with Crippen LogP contribution >= 0.6 is 11.3 Å². The van der Waals surface area contributed by atoms with Crippen LogP contribution in [0.25, 0.3) is 0 Å². The van der Waals surface area contributed by atoms with Gasteiger partial charge in [-0.25, -0.2) is 0 Å². The van der Waals surface area contributed by atoms with Gasteiger partial charge in [-0.05, 0) is 24.0 Å². The molecule has 2 nitrogen and oxygen atoms in total. The number of carbonyl (C=O) groups is 1. The fourth-order valence-electron chi connectivity index (χ4n) is 3.95. The minimum Gasteiger partial charge on any atom is -0.351 e. The average molecular weight is 278 g/mol. The Kier molecular flexibility index (Phi) is 2.94. The molecule has 1 aromatic heterocycles. The summed E-state index contributed by atoms with van der Waals surface area (Å²) in [4.78, 5) is 14.6. The summed E-state index contributed by atoms with van der Waals surface area (Å²) in [5.74, 6) is 0.136. The molecular weight excluding hydrogens is 259 g/mol. The van der Waals surface area contributed by atoms with Gasteiger partial charge >= 0.3 is 0 Å². The second kappa shape index (κ2) is 4.06. The Balaban J connectivity index is 2.28. The summed E-state index contributed by atoms with van der Waals surface area (Å²) >= 11 is 1.74. The first-order chi connectivity index (χ1) is 9.09. The second-order valence-corrected chi connectivity index (χ2v) is 9.13. The van der Waals surface area contributed by atoms with Gasteiger partial charge in [0.2, 0.25) is 0 Å². The molecule has 9 heteroatoms. The van der Waals surface area contributed by atoms with Crippen molar-refractivity contribution in [1.29, 1.82) is 0 Å². The van der Waals surface area contributed by atoms with Gasteiger partial charge in [0.1, 0.15) is 15.7 Å². The Hall–Kier alpha value is -0.440. The van der Waals surface area contributed by atoms with Crippen LogP contribution < -0.4 is 5.32 Å². The standard InChI is InChI=1S/C11H19B6NOS/c12-9(13)3-5-6(10(14,15)11(9,16)17)4-1-2-18-8(19)7(4)20-5/h1-3,12-17H2,(H,18,19).